The van der Waals surface area contributed by atoms with Gasteiger partial charge in [0.25, 0.3) is 0 Å². The summed E-state index contributed by atoms with van der Waals surface area (Å²) in [5.74, 6) is 0.727. The van der Waals surface area contributed by atoms with Crippen LogP contribution in [0.15, 0.2) is 24.3 Å². The van der Waals surface area contributed by atoms with Crippen LogP contribution < -0.4 is 0 Å². The van der Waals surface area contributed by atoms with Gasteiger partial charge in [0, 0.05) is 24.0 Å². The predicted molar refractivity (Wildman–Crippen MR) is 72.7 cm³/mol. The van der Waals surface area contributed by atoms with E-state index in [1.165, 1.54) is 0 Å². The molecule has 0 radical (unpaired) electrons. The number of carbonyl (C=O) groups excluding carboxylic acids is 1. The normalized spacial score (nSPS) is 10.3. The van der Waals surface area contributed by atoms with Gasteiger partial charge in [-0.1, -0.05) is 23.7 Å². The second-order valence-corrected chi connectivity index (χ2v) is 4.63. The van der Waals surface area contributed by atoms with E-state index >= 15 is 0 Å². The third kappa shape index (κ3) is 4.97. The third-order valence-electron chi connectivity index (χ3n) is 2.56. The van der Waals surface area contributed by atoms with Gasteiger partial charge in [-0.25, -0.2) is 0 Å². The lowest BCUT2D eigenvalue weighted by Crippen LogP contribution is -2.33. The summed E-state index contributed by atoms with van der Waals surface area (Å²) in [4.78, 5) is 13.8. The fourth-order valence-corrected chi connectivity index (χ4v) is 1.84. The van der Waals surface area contributed by atoms with Gasteiger partial charge < -0.3 is 4.90 Å². The number of rotatable bonds is 6. The van der Waals surface area contributed by atoms with E-state index in [4.69, 9.17) is 23.2 Å². The standard InChI is InChI=1S/C13H17Cl2NO/c1-2-16(9-3-8-14)13(17)10-11-4-6-12(15)7-5-11/h4-7H,2-3,8-10H2,1H3. The molecular formula is C13H17Cl2NO. The van der Waals surface area contributed by atoms with Gasteiger partial charge in [0.05, 0.1) is 6.42 Å². The molecule has 0 aromatic heterocycles. The highest BCUT2D eigenvalue weighted by Crippen LogP contribution is 2.11. The largest absolute Gasteiger partial charge is 0.343 e. The Bertz CT molecular complexity index is 351. The van der Waals surface area contributed by atoms with Crippen LogP contribution in [0, 0.1) is 0 Å². The molecule has 1 aromatic carbocycles. The lowest BCUT2D eigenvalue weighted by atomic mass is 10.1. The van der Waals surface area contributed by atoms with Crippen LogP contribution in [0.4, 0.5) is 0 Å². The summed E-state index contributed by atoms with van der Waals surface area (Å²) in [7, 11) is 0. The number of carbonyl (C=O) groups is 1. The first-order chi connectivity index (χ1) is 8.17. The van der Waals surface area contributed by atoms with Crippen molar-refractivity contribution in [3.63, 3.8) is 0 Å². The van der Waals surface area contributed by atoms with Gasteiger partial charge in [0.15, 0.2) is 0 Å². The van der Waals surface area contributed by atoms with E-state index < -0.39 is 0 Å². The van der Waals surface area contributed by atoms with Crippen LogP contribution in [0.25, 0.3) is 0 Å². The van der Waals surface area contributed by atoms with Gasteiger partial charge in [0.2, 0.25) is 5.91 Å². The monoisotopic (exact) mass is 273 g/mol. The van der Waals surface area contributed by atoms with Crippen molar-refractivity contribution < 1.29 is 4.79 Å². The average Bonchev–Trinajstić information content (AvgIpc) is 2.33. The second-order valence-electron chi connectivity index (χ2n) is 3.82. The zero-order valence-corrected chi connectivity index (χ0v) is 11.5. The average molecular weight is 274 g/mol. The molecule has 0 fully saturated rings. The molecule has 1 amide bonds. The van der Waals surface area contributed by atoms with Gasteiger partial charge in [0.1, 0.15) is 0 Å². The van der Waals surface area contributed by atoms with Crippen molar-refractivity contribution in [3.8, 4) is 0 Å². The maximum atomic E-state index is 12.0. The Morgan fingerprint density at radius 2 is 1.94 bits per heavy atom. The summed E-state index contributed by atoms with van der Waals surface area (Å²) in [6, 6.07) is 7.38. The van der Waals surface area contributed by atoms with Gasteiger partial charge in [-0.15, -0.1) is 11.6 Å². The molecule has 4 heteroatoms. The molecule has 0 atom stereocenters. The van der Waals surface area contributed by atoms with Crippen molar-refractivity contribution in [2.75, 3.05) is 19.0 Å². The lowest BCUT2D eigenvalue weighted by Gasteiger charge is -2.20. The number of halogens is 2. The molecule has 0 saturated heterocycles. The molecule has 0 aliphatic carbocycles. The van der Waals surface area contributed by atoms with E-state index in [0.717, 1.165) is 25.1 Å². The van der Waals surface area contributed by atoms with Gasteiger partial charge in [-0.05, 0) is 31.0 Å². The minimum absolute atomic E-state index is 0.139. The van der Waals surface area contributed by atoms with Crippen LogP contribution in [0.3, 0.4) is 0 Å². The maximum Gasteiger partial charge on any atom is 0.226 e. The molecular weight excluding hydrogens is 257 g/mol. The van der Waals surface area contributed by atoms with E-state index in [1.54, 1.807) is 12.1 Å². The molecule has 0 heterocycles. The third-order valence-corrected chi connectivity index (χ3v) is 3.08. The SMILES string of the molecule is CCN(CCCCl)C(=O)Cc1ccc(Cl)cc1. The first-order valence-corrected chi connectivity index (χ1v) is 6.66. The van der Waals surface area contributed by atoms with Gasteiger partial charge in [-0.2, -0.15) is 0 Å². The second kappa shape index (κ2) is 7.57. The number of hydrogen-bond donors (Lipinski definition) is 0. The number of nitrogens with zero attached hydrogens (tertiary/aromatic N) is 1. The molecule has 17 heavy (non-hydrogen) atoms. The summed E-state index contributed by atoms with van der Waals surface area (Å²) < 4.78 is 0. The van der Waals surface area contributed by atoms with E-state index in [2.05, 4.69) is 0 Å². The minimum atomic E-state index is 0.139. The van der Waals surface area contributed by atoms with E-state index in [0.29, 0.717) is 17.3 Å². The Morgan fingerprint density at radius 3 is 2.47 bits per heavy atom. The molecule has 0 N–H and O–H groups in total. The molecule has 2 nitrogen and oxygen atoms in total. The molecule has 0 spiro atoms. The molecule has 1 rings (SSSR count). The zero-order valence-electron chi connectivity index (χ0n) is 9.96. The lowest BCUT2D eigenvalue weighted by molar-refractivity contribution is -0.130. The van der Waals surface area contributed by atoms with Crippen LogP contribution in [0.1, 0.15) is 18.9 Å². The van der Waals surface area contributed by atoms with Crippen LogP contribution in [0.5, 0.6) is 0 Å². The number of alkyl halides is 1. The quantitative estimate of drug-likeness (QED) is 0.728. The van der Waals surface area contributed by atoms with Crippen molar-refractivity contribution in [3.05, 3.63) is 34.9 Å². The summed E-state index contributed by atoms with van der Waals surface area (Å²) >= 11 is 11.4. The highest BCUT2D eigenvalue weighted by molar-refractivity contribution is 6.30. The summed E-state index contributed by atoms with van der Waals surface area (Å²) in [6.45, 7) is 3.43. The predicted octanol–water partition coefficient (Wildman–Crippen LogP) is 3.36. The number of hydrogen-bond acceptors (Lipinski definition) is 1. The first kappa shape index (κ1) is 14.3. The van der Waals surface area contributed by atoms with E-state index in [-0.39, 0.29) is 5.91 Å². The van der Waals surface area contributed by atoms with Crippen molar-refractivity contribution in [2.45, 2.75) is 19.8 Å². The van der Waals surface area contributed by atoms with Gasteiger partial charge >= 0.3 is 0 Å². The van der Waals surface area contributed by atoms with Crippen LogP contribution in [-0.4, -0.2) is 29.8 Å². The van der Waals surface area contributed by atoms with Crippen LogP contribution >= 0.6 is 23.2 Å². The Labute approximate surface area is 113 Å². The fraction of sp³-hybridized carbons (Fsp3) is 0.462. The highest BCUT2D eigenvalue weighted by atomic mass is 35.5. The Morgan fingerprint density at radius 1 is 1.29 bits per heavy atom. The molecule has 0 saturated carbocycles. The number of benzene rings is 1. The Kier molecular flexibility index (Phi) is 6.38. The first-order valence-electron chi connectivity index (χ1n) is 5.75. The number of likely N-dealkylation sites (N-methyl/N-ethyl adjacent to an activating group) is 1. The topological polar surface area (TPSA) is 20.3 Å². The summed E-state index contributed by atoms with van der Waals surface area (Å²) in [6.07, 6.45) is 1.26. The fourth-order valence-electron chi connectivity index (χ4n) is 1.60. The molecule has 0 aliphatic rings. The smallest absolute Gasteiger partial charge is 0.226 e. The van der Waals surface area contributed by atoms with E-state index in [9.17, 15) is 4.79 Å². The maximum absolute atomic E-state index is 12.0. The van der Waals surface area contributed by atoms with Crippen LogP contribution in [0.2, 0.25) is 5.02 Å². The highest BCUT2D eigenvalue weighted by Gasteiger charge is 2.11. The Hall–Kier alpha value is -0.730. The summed E-state index contributed by atoms with van der Waals surface area (Å²) in [5, 5.41) is 0.690. The molecule has 1 aromatic rings. The summed E-state index contributed by atoms with van der Waals surface area (Å²) in [5.41, 5.74) is 0.990. The van der Waals surface area contributed by atoms with Crippen molar-refractivity contribution in [1.29, 1.82) is 0 Å². The van der Waals surface area contributed by atoms with Crippen molar-refractivity contribution in [2.24, 2.45) is 0 Å². The van der Waals surface area contributed by atoms with Crippen molar-refractivity contribution >= 4 is 29.1 Å². The number of amides is 1. The van der Waals surface area contributed by atoms with E-state index in [1.807, 2.05) is 24.0 Å². The van der Waals surface area contributed by atoms with Crippen LogP contribution in [-0.2, 0) is 11.2 Å². The zero-order chi connectivity index (χ0) is 12.7. The van der Waals surface area contributed by atoms with Crippen molar-refractivity contribution in [1.82, 2.24) is 4.90 Å². The molecule has 0 unspecified atom stereocenters. The van der Waals surface area contributed by atoms with Gasteiger partial charge in [-0.3, -0.25) is 4.79 Å². The minimum Gasteiger partial charge on any atom is -0.343 e. The molecule has 0 aliphatic heterocycles. The molecule has 94 valence electrons. The Balaban J connectivity index is 2.54. The molecule has 0 bridgehead atoms.